The minimum atomic E-state index is -0.176. The van der Waals surface area contributed by atoms with Gasteiger partial charge in [-0.3, -0.25) is 9.59 Å². The van der Waals surface area contributed by atoms with Gasteiger partial charge in [0.05, 0.1) is 5.69 Å². The molecule has 0 aromatic heterocycles. The van der Waals surface area contributed by atoms with Crippen molar-refractivity contribution in [1.29, 1.82) is 0 Å². The van der Waals surface area contributed by atoms with E-state index >= 15 is 0 Å². The Kier molecular flexibility index (Phi) is 5.09. The Balaban J connectivity index is 2.13. The molecule has 1 N–H and O–H groups in total. The number of para-hydroxylation sites is 1. The van der Waals surface area contributed by atoms with Gasteiger partial charge >= 0.3 is 0 Å². The van der Waals surface area contributed by atoms with Gasteiger partial charge in [-0.1, -0.05) is 31.5 Å². The third kappa shape index (κ3) is 3.90. The Morgan fingerprint density at radius 2 is 2.05 bits per heavy atom. The molecule has 0 aliphatic carbocycles. The van der Waals surface area contributed by atoms with Crippen molar-refractivity contribution in [3.05, 3.63) is 30.3 Å². The number of nitrogens with one attached hydrogen (secondary N) is 1. The Morgan fingerprint density at radius 1 is 1.33 bits per heavy atom. The van der Waals surface area contributed by atoms with E-state index in [1.165, 1.54) is 5.01 Å². The summed E-state index contributed by atoms with van der Waals surface area (Å²) < 4.78 is 0. The van der Waals surface area contributed by atoms with E-state index in [-0.39, 0.29) is 17.9 Å². The molecule has 1 heterocycles. The number of carbonyl (C=O) groups excluding carboxylic acids is 2. The molecule has 1 aliphatic heterocycles. The zero-order valence-electron chi connectivity index (χ0n) is 12.5. The van der Waals surface area contributed by atoms with Crippen LogP contribution in [-0.4, -0.2) is 23.6 Å². The number of amides is 2. The third-order valence-corrected chi connectivity index (χ3v) is 3.39. The van der Waals surface area contributed by atoms with Crippen molar-refractivity contribution in [2.24, 2.45) is 5.10 Å². The average molecular weight is 287 g/mol. The van der Waals surface area contributed by atoms with E-state index in [0.717, 1.165) is 12.8 Å². The van der Waals surface area contributed by atoms with Gasteiger partial charge in [-0.05, 0) is 25.5 Å². The lowest BCUT2D eigenvalue weighted by molar-refractivity contribution is -0.119. The smallest absolute Gasteiger partial charge is 0.267 e. The molecule has 1 atom stereocenters. The summed E-state index contributed by atoms with van der Waals surface area (Å²) in [6.07, 6.45) is 2.65. The fourth-order valence-corrected chi connectivity index (χ4v) is 2.30. The molecule has 1 aromatic rings. The lowest BCUT2D eigenvalue weighted by atomic mass is 10.1. The molecule has 1 unspecified atom stereocenters. The molecule has 2 amide bonds. The molecule has 0 spiro atoms. The number of carbonyl (C=O) groups is 2. The molecule has 21 heavy (non-hydrogen) atoms. The third-order valence-electron chi connectivity index (χ3n) is 3.39. The fraction of sp³-hybridized carbons (Fsp3) is 0.438. The van der Waals surface area contributed by atoms with Crippen molar-refractivity contribution in [3.63, 3.8) is 0 Å². The molecule has 0 saturated heterocycles. The molecule has 1 aliphatic rings. The molecular weight excluding hydrogens is 266 g/mol. The molecule has 0 bridgehead atoms. The van der Waals surface area contributed by atoms with Crippen LogP contribution in [-0.2, 0) is 9.59 Å². The van der Waals surface area contributed by atoms with E-state index in [0.29, 0.717) is 24.2 Å². The predicted molar refractivity (Wildman–Crippen MR) is 83.1 cm³/mol. The van der Waals surface area contributed by atoms with Gasteiger partial charge in [0, 0.05) is 18.9 Å². The number of hydrazone groups is 1. The summed E-state index contributed by atoms with van der Waals surface area (Å²) in [6.45, 7) is 4.06. The Morgan fingerprint density at radius 3 is 2.71 bits per heavy atom. The highest BCUT2D eigenvalue weighted by molar-refractivity contribution is 6.40. The van der Waals surface area contributed by atoms with E-state index in [2.05, 4.69) is 17.3 Å². The molecular formula is C16H21N3O2. The Labute approximate surface area is 125 Å². The van der Waals surface area contributed by atoms with Crippen LogP contribution in [0, 0.1) is 0 Å². The van der Waals surface area contributed by atoms with Gasteiger partial charge in [0.25, 0.3) is 5.91 Å². The van der Waals surface area contributed by atoms with Crippen LogP contribution < -0.4 is 10.3 Å². The lowest BCUT2D eigenvalue weighted by Crippen LogP contribution is -2.42. The summed E-state index contributed by atoms with van der Waals surface area (Å²) in [5, 5.41) is 8.49. The van der Waals surface area contributed by atoms with Crippen molar-refractivity contribution in [2.45, 2.75) is 45.6 Å². The van der Waals surface area contributed by atoms with Gasteiger partial charge in [0.1, 0.15) is 5.71 Å². The van der Waals surface area contributed by atoms with Gasteiger partial charge < -0.3 is 5.32 Å². The van der Waals surface area contributed by atoms with Crippen molar-refractivity contribution < 1.29 is 9.59 Å². The number of hydrogen-bond donors (Lipinski definition) is 1. The van der Waals surface area contributed by atoms with E-state index in [1.807, 2.05) is 37.3 Å². The molecule has 5 nitrogen and oxygen atoms in total. The van der Waals surface area contributed by atoms with Gasteiger partial charge in [-0.25, -0.2) is 5.01 Å². The van der Waals surface area contributed by atoms with Gasteiger partial charge in [-0.15, -0.1) is 0 Å². The standard InChI is InChI=1S/C16H21N3O2/c1-3-7-12(2)17-16(21)14-10-11-15(20)19(18-14)13-8-5-4-6-9-13/h4-6,8-9,12H,3,7,10-11H2,1-2H3,(H,17,21). The van der Waals surface area contributed by atoms with Crippen LogP contribution >= 0.6 is 0 Å². The normalized spacial score (nSPS) is 16.4. The van der Waals surface area contributed by atoms with Crippen LogP contribution in [0.2, 0.25) is 0 Å². The van der Waals surface area contributed by atoms with Crippen LogP contribution in [0.15, 0.2) is 35.4 Å². The monoisotopic (exact) mass is 287 g/mol. The van der Waals surface area contributed by atoms with Crippen LogP contribution in [0.5, 0.6) is 0 Å². The first-order valence-corrected chi connectivity index (χ1v) is 7.38. The number of benzene rings is 1. The first-order valence-electron chi connectivity index (χ1n) is 7.38. The predicted octanol–water partition coefficient (Wildman–Crippen LogP) is 2.47. The minimum absolute atomic E-state index is 0.0839. The Hall–Kier alpha value is -2.17. The SMILES string of the molecule is CCCC(C)NC(=O)C1=NN(c2ccccc2)C(=O)CC1. The number of hydrogen-bond acceptors (Lipinski definition) is 3. The highest BCUT2D eigenvalue weighted by Crippen LogP contribution is 2.19. The zero-order valence-corrected chi connectivity index (χ0v) is 12.5. The van der Waals surface area contributed by atoms with Gasteiger partial charge in [0.15, 0.2) is 0 Å². The second kappa shape index (κ2) is 7.02. The van der Waals surface area contributed by atoms with Crippen molar-refractivity contribution in [3.8, 4) is 0 Å². The Bertz CT molecular complexity index is 540. The second-order valence-corrected chi connectivity index (χ2v) is 5.25. The number of nitrogens with zero attached hydrogens (tertiary/aromatic N) is 2. The second-order valence-electron chi connectivity index (χ2n) is 5.25. The highest BCUT2D eigenvalue weighted by atomic mass is 16.2. The lowest BCUT2D eigenvalue weighted by Gasteiger charge is -2.23. The summed E-state index contributed by atoms with van der Waals surface area (Å²) in [5.74, 6) is -0.260. The van der Waals surface area contributed by atoms with Crippen molar-refractivity contribution in [1.82, 2.24) is 5.32 Å². The van der Waals surface area contributed by atoms with Crippen LogP contribution in [0.25, 0.3) is 0 Å². The fourth-order valence-electron chi connectivity index (χ4n) is 2.30. The average Bonchev–Trinajstić information content (AvgIpc) is 2.48. The zero-order chi connectivity index (χ0) is 15.2. The maximum absolute atomic E-state index is 12.2. The number of anilines is 1. The summed E-state index contributed by atoms with van der Waals surface area (Å²) >= 11 is 0. The van der Waals surface area contributed by atoms with Crippen molar-refractivity contribution in [2.75, 3.05) is 5.01 Å². The van der Waals surface area contributed by atoms with Gasteiger partial charge in [0.2, 0.25) is 5.91 Å². The molecule has 2 rings (SSSR count). The van der Waals surface area contributed by atoms with Crippen LogP contribution in [0.4, 0.5) is 5.69 Å². The first-order chi connectivity index (χ1) is 10.1. The highest BCUT2D eigenvalue weighted by Gasteiger charge is 2.25. The maximum atomic E-state index is 12.2. The van der Waals surface area contributed by atoms with Gasteiger partial charge in [-0.2, -0.15) is 5.10 Å². The molecule has 0 fully saturated rings. The quantitative estimate of drug-likeness (QED) is 0.904. The van der Waals surface area contributed by atoms with Crippen LogP contribution in [0.1, 0.15) is 39.5 Å². The topological polar surface area (TPSA) is 61.8 Å². The van der Waals surface area contributed by atoms with E-state index in [1.54, 1.807) is 0 Å². The van der Waals surface area contributed by atoms with E-state index in [4.69, 9.17) is 0 Å². The van der Waals surface area contributed by atoms with Crippen molar-refractivity contribution >= 4 is 23.2 Å². The molecule has 1 aromatic carbocycles. The molecule has 0 radical (unpaired) electrons. The summed E-state index contributed by atoms with van der Waals surface area (Å²) in [6, 6.07) is 9.30. The molecule has 0 saturated carbocycles. The summed E-state index contributed by atoms with van der Waals surface area (Å²) in [4.78, 5) is 24.2. The van der Waals surface area contributed by atoms with E-state index in [9.17, 15) is 9.59 Å². The molecule has 112 valence electrons. The van der Waals surface area contributed by atoms with E-state index < -0.39 is 0 Å². The largest absolute Gasteiger partial charge is 0.348 e. The van der Waals surface area contributed by atoms with Crippen LogP contribution in [0.3, 0.4) is 0 Å². The molecule has 5 heteroatoms. The minimum Gasteiger partial charge on any atom is -0.348 e. The summed E-state index contributed by atoms with van der Waals surface area (Å²) in [5.41, 5.74) is 1.11. The maximum Gasteiger partial charge on any atom is 0.267 e. The first kappa shape index (κ1) is 15.2. The number of rotatable bonds is 5. The summed E-state index contributed by atoms with van der Waals surface area (Å²) in [7, 11) is 0.